The molecule has 0 amide bonds. The second-order valence-corrected chi connectivity index (χ2v) is 3.19. The molecule has 1 rings (SSSR count). The van der Waals surface area contributed by atoms with E-state index in [-0.39, 0.29) is 5.69 Å². The first-order chi connectivity index (χ1) is 6.69. The Bertz CT molecular complexity index is 304. The van der Waals surface area contributed by atoms with Crippen LogP contribution in [0, 0.1) is 10.1 Å². The summed E-state index contributed by atoms with van der Waals surface area (Å²) in [6.07, 6.45) is 0.953. The highest BCUT2D eigenvalue weighted by Gasteiger charge is 2.09. The highest BCUT2D eigenvalue weighted by Crippen LogP contribution is 2.20. The van der Waals surface area contributed by atoms with Crippen LogP contribution < -0.4 is 5.73 Å². The van der Waals surface area contributed by atoms with E-state index in [4.69, 9.17) is 5.73 Å². The third-order valence-electron chi connectivity index (χ3n) is 2.35. The van der Waals surface area contributed by atoms with E-state index >= 15 is 0 Å². The summed E-state index contributed by atoms with van der Waals surface area (Å²) in [7, 11) is 0. The molecule has 0 fully saturated rings. The van der Waals surface area contributed by atoms with E-state index < -0.39 is 4.92 Å². The largest absolute Gasteiger partial charge is 0.330 e. The minimum atomic E-state index is -0.396. The van der Waals surface area contributed by atoms with E-state index in [2.05, 4.69) is 6.92 Å². The zero-order chi connectivity index (χ0) is 10.6. The van der Waals surface area contributed by atoms with Gasteiger partial charge in [0.1, 0.15) is 0 Å². The van der Waals surface area contributed by atoms with Crippen LogP contribution in [-0.2, 0) is 0 Å². The third-order valence-corrected chi connectivity index (χ3v) is 2.35. The Morgan fingerprint density at radius 2 is 2.00 bits per heavy atom. The molecular weight excluding hydrogens is 180 g/mol. The Morgan fingerprint density at radius 3 is 2.36 bits per heavy atom. The Morgan fingerprint density at radius 1 is 1.43 bits per heavy atom. The average molecular weight is 194 g/mol. The molecule has 0 saturated heterocycles. The topological polar surface area (TPSA) is 69.2 Å². The summed E-state index contributed by atoms with van der Waals surface area (Å²) in [6.45, 7) is 2.63. The molecule has 14 heavy (non-hydrogen) atoms. The molecule has 0 aliphatic heterocycles. The van der Waals surface area contributed by atoms with Crippen LogP contribution in [0.1, 0.15) is 24.8 Å². The number of nitrogens with two attached hydrogens (primary N) is 1. The first-order valence-electron chi connectivity index (χ1n) is 4.63. The van der Waals surface area contributed by atoms with E-state index in [0.717, 1.165) is 12.0 Å². The number of nitro benzene ring substituents is 1. The zero-order valence-corrected chi connectivity index (χ0v) is 8.14. The Labute approximate surface area is 82.9 Å². The van der Waals surface area contributed by atoms with Crippen molar-refractivity contribution in [2.45, 2.75) is 19.3 Å². The maximum atomic E-state index is 10.4. The van der Waals surface area contributed by atoms with Crippen molar-refractivity contribution >= 4 is 5.69 Å². The number of nitrogens with zero attached hydrogens (tertiary/aromatic N) is 1. The molecule has 4 heteroatoms. The minimum absolute atomic E-state index is 0.126. The number of hydrogen-bond acceptors (Lipinski definition) is 3. The smallest absolute Gasteiger partial charge is 0.269 e. The van der Waals surface area contributed by atoms with Gasteiger partial charge in [0.2, 0.25) is 0 Å². The lowest BCUT2D eigenvalue weighted by molar-refractivity contribution is -0.384. The van der Waals surface area contributed by atoms with Crippen molar-refractivity contribution in [2.24, 2.45) is 5.73 Å². The maximum Gasteiger partial charge on any atom is 0.269 e. The van der Waals surface area contributed by atoms with Gasteiger partial charge in [0, 0.05) is 12.1 Å². The van der Waals surface area contributed by atoms with Gasteiger partial charge in [-0.15, -0.1) is 0 Å². The number of rotatable bonds is 4. The summed E-state index contributed by atoms with van der Waals surface area (Å²) in [5.74, 6) is 0.302. The van der Waals surface area contributed by atoms with E-state index in [9.17, 15) is 10.1 Å². The van der Waals surface area contributed by atoms with Crippen LogP contribution in [0.4, 0.5) is 5.69 Å². The van der Waals surface area contributed by atoms with Crippen LogP contribution in [0.3, 0.4) is 0 Å². The number of nitro groups is 1. The average Bonchev–Trinajstić information content (AvgIpc) is 2.20. The normalized spacial score (nSPS) is 12.4. The molecule has 1 aromatic carbocycles. The summed E-state index contributed by atoms with van der Waals surface area (Å²) in [6, 6.07) is 6.60. The molecule has 2 N–H and O–H groups in total. The summed E-state index contributed by atoms with van der Waals surface area (Å²) in [5, 5.41) is 10.4. The molecule has 0 aliphatic carbocycles. The summed E-state index contributed by atoms with van der Waals surface area (Å²) >= 11 is 0. The van der Waals surface area contributed by atoms with Gasteiger partial charge in [0.05, 0.1) is 4.92 Å². The van der Waals surface area contributed by atoms with E-state index in [0.29, 0.717) is 12.5 Å². The first-order valence-corrected chi connectivity index (χ1v) is 4.63. The van der Waals surface area contributed by atoms with Gasteiger partial charge in [0.15, 0.2) is 0 Å². The Kier molecular flexibility index (Phi) is 3.59. The molecule has 0 aliphatic rings. The molecule has 0 heterocycles. The minimum Gasteiger partial charge on any atom is -0.330 e. The number of benzene rings is 1. The molecule has 0 aromatic heterocycles. The fourth-order valence-corrected chi connectivity index (χ4v) is 1.41. The third kappa shape index (κ3) is 2.29. The van der Waals surface area contributed by atoms with Crippen molar-refractivity contribution in [1.82, 2.24) is 0 Å². The molecule has 1 unspecified atom stereocenters. The molecule has 1 aromatic rings. The van der Waals surface area contributed by atoms with Crippen molar-refractivity contribution in [3.8, 4) is 0 Å². The highest BCUT2D eigenvalue weighted by molar-refractivity contribution is 5.34. The molecule has 0 saturated carbocycles. The predicted molar refractivity (Wildman–Crippen MR) is 55.2 cm³/mol. The lowest BCUT2D eigenvalue weighted by atomic mass is 9.97. The van der Waals surface area contributed by atoms with Crippen LogP contribution in [0.15, 0.2) is 24.3 Å². The standard InChI is InChI=1S/C10H14N2O2/c1-2-8(7-11)9-3-5-10(6-4-9)12(13)14/h3-6,8H,2,7,11H2,1H3. The lowest BCUT2D eigenvalue weighted by Crippen LogP contribution is -2.11. The van der Waals surface area contributed by atoms with E-state index in [1.54, 1.807) is 12.1 Å². The van der Waals surface area contributed by atoms with Crippen molar-refractivity contribution < 1.29 is 4.92 Å². The SMILES string of the molecule is CCC(CN)c1ccc([N+](=O)[O-])cc1. The van der Waals surface area contributed by atoms with Crippen molar-refractivity contribution in [1.29, 1.82) is 0 Å². The van der Waals surface area contributed by atoms with Gasteiger partial charge in [-0.1, -0.05) is 19.1 Å². The molecular formula is C10H14N2O2. The molecule has 76 valence electrons. The quantitative estimate of drug-likeness (QED) is 0.589. The maximum absolute atomic E-state index is 10.4. The first kappa shape index (κ1) is 10.7. The van der Waals surface area contributed by atoms with Crippen LogP contribution in [0.25, 0.3) is 0 Å². The van der Waals surface area contributed by atoms with Gasteiger partial charge in [-0.2, -0.15) is 0 Å². The predicted octanol–water partition coefficient (Wildman–Crippen LogP) is 2.05. The molecule has 0 radical (unpaired) electrons. The van der Waals surface area contributed by atoms with Gasteiger partial charge < -0.3 is 5.73 Å². The van der Waals surface area contributed by atoms with Crippen LogP contribution in [0.2, 0.25) is 0 Å². The monoisotopic (exact) mass is 194 g/mol. The second kappa shape index (κ2) is 4.72. The van der Waals surface area contributed by atoms with Crippen molar-refractivity contribution in [2.75, 3.05) is 6.54 Å². The van der Waals surface area contributed by atoms with Crippen LogP contribution >= 0.6 is 0 Å². The molecule has 1 atom stereocenters. The number of non-ortho nitro benzene ring substituents is 1. The van der Waals surface area contributed by atoms with E-state index in [1.807, 2.05) is 0 Å². The van der Waals surface area contributed by atoms with Gasteiger partial charge in [0.25, 0.3) is 5.69 Å². The molecule has 0 bridgehead atoms. The molecule has 4 nitrogen and oxygen atoms in total. The van der Waals surface area contributed by atoms with Gasteiger partial charge in [-0.3, -0.25) is 10.1 Å². The highest BCUT2D eigenvalue weighted by atomic mass is 16.6. The number of hydrogen-bond donors (Lipinski definition) is 1. The Balaban J connectivity index is 2.87. The zero-order valence-electron chi connectivity index (χ0n) is 8.14. The summed E-state index contributed by atoms with van der Waals surface area (Å²) in [4.78, 5) is 10.0. The van der Waals surface area contributed by atoms with E-state index in [1.165, 1.54) is 12.1 Å². The Hall–Kier alpha value is -1.42. The van der Waals surface area contributed by atoms with Crippen LogP contribution in [-0.4, -0.2) is 11.5 Å². The second-order valence-electron chi connectivity index (χ2n) is 3.19. The lowest BCUT2D eigenvalue weighted by Gasteiger charge is -2.11. The van der Waals surface area contributed by atoms with Gasteiger partial charge in [-0.25, -0.2) is 0 Å². The van der Waals surface area contributed by atoms with Crippen molar-refractivity contribution in [3.63, 3.8) is 0 Å². The van der Waals surface area contributed by atoms with Gasteiger partial charge in [-0.05, 0) is 24.4 Å². The summed E-state index contributed by atoms with van der Waals surface area (Å²) in [5.41, 5.74) is 6.77. The van der Waals surface area contributed by atoms with Crippen LogP contribution in [0.5, 0.6) is 0 Å². The summed E-state index contributed by atoms with van der Waals surface area (Å²) < 4.78 is 0. The van der Waals surface area contributed by atoms with Crippen molar-refractivity contribution in [3.05, 3.63) is 39.9 Å². The fourth-order valence-electron chi connectivity index (χ4n) is 1.41. The molecule has 0 spiro atoms. The van der Waals surface area contributed by atoms with Gasteiger partial charge >= 0.3 is 0 Å². The fraction of sp³-hybridized carbons (Fsp3) is 0.400.